The highest BCUT2D eigenvalue weighted by atomic mass is 127. The van der Waals surface area contributed by atoms with Crippen molar-refractivity contribution in [2.24, 2.45) is 5.92 Å². The van der Waals surface area contributed by atoms with Crippen LogP contribution in [-0.2, 0) is 0 Å². The average Bonchev–Trinajstić information content (AvgIpc) is 2.60. The van der Waals surface area contributed by atoms with Crippen LogP contribution in [-0.4, -0.2) is 6.54 Å². The van der Waals surface area contributed by atoms with Crippen LogP contribution in [0, 0.1) is 8.80 Å². The van der Waals surface area contributed by atoms with Gasteiger partial charge in [0.05, 0.1) is 2.88 Å². The van der Waals surface area contributed by atoms with Gasteiger partial charge in [-0.15, -0.1) is 11.3 Å². The van der Waals surface area contributed by atoms with Crippen LogP contribution >= 0.6 is 33.9 Å². The Morgan fingerprint density at radius 3 is 2.59 bits per heavy atom. The number of thiophene rings is 1. The van der Waals surface area contributed by atoms with Crippen molar-refractivity contribution in [1.82, 2.24) is 5.32 Å². The second kappa shape index (κ2) is 7.10. The molecule has 1 unspecified atom stereocenters. The van der Waals surface area contributed by atoms with Crippen molar-refractivity contribution in [3.8, 4) is 0 Å². The maximum atomic E-state index is 3.71. The first-order chi connectivity index (χ1) is 8.31. The molecule has 1 nitrogen and oxygen atoms in total. The Labute approximate surface area is 123 Å². The van der Waals surface area contributed by atoms with Crippen LogP contribution in [0.15, 0.2) is 11.4 Å². The molecular weight excluding hydrogens is 341 g/mol. The second-order valence-corrected chi connectivity index (χ2v) is 7.78. The van der Waals surface area contributed by atoms with Crippen molar-refractivity contribution in [1.29, 1.82) is 0 Å². The Kier molecular flexibility index (Phi) is 5.77. The molecule has 17 heavy (non-hydrogen) atoms. The Hall–Kier alpha value is 0.390. The summed E-state index contributed by atoms with van der Waals surface area (Å²) in [5, 5.41) is 6.06. The van der Waals surface area contributed by atoms with E-state index < -0.39 is 0 Å². The third kappa shape index (κ3) is 3.93. The quantitative estimate of drug-likeness (QED) is 0.588. The van der Waals surface area contributed by atoms with Crippen LogP contribution in [0.4, 0.5) is 0 Å². The Morgan fingerprint density at radius 2 is 2.06 bits per heavy atom. The lowest BCUT2D eigenvalue weighted by atomic mass is 9.88. The van der Waals surface area contributed by atoms with E-state index in [9.17, 15) is 0 Å². The molecule has 1 N–H and O–H groups in total. The van der Waals surface area contributed by atoms with Gasteiger partial charge in [0.15, 0.2) is 0 Å². The van der Waals surface area contributed by atoms with Crippen LogP contribution in [0.5, 0.6) is 0 Å². The fraction of sp³-hybridized carbons (Fsp3) is 0.714. The molecule has 1 atom stereocenters. The highest BCUT2D eigenvalue weighted by Gasteiger charge is 2.24. The molecule has 96 valence electrons. The largest absolute Gasteiger partial charge is 0.310 e. The zero-order valence-electron chi connectivity index (χ0n) is 10.5. The lowest BCUT2D eigenvalue weighted by molar-refractivity contribution is 0.330. The summed E-state index contributed by atoms with van der Waals surface area (Å²) < 4.78 is 1.41. The third-order valence-electron chi connectivity index (χ3n) is 3.74. The van der Waals surface area contributed by atoms with Crippen LogP contribution in [0.3, 0.4) is 0 Å². The van der Waals surface area contributed by atoms with E-state index >= 15 is 0 Å². The Bertz CT molecular complexity index is 329. The number of rotatable bonds is 4. The summed E-state index contributed by atoms with van der Waals surface area (Å²) in [6, 6.07) is 2.96. The van der Waals surface area contributed by atoms with Crippen LogP contribution in [0.25, 0.3) is 0 Å². The van der Waals surface area contributed by atoms with Crippen LogP contribution in [0.2, 0.25) is 0 Å². The first-order valence-corrected chi connectivity index (χ1v) is 8.74. The van der Waals surface area contributed by atoms with Gasteiger partial charge in [0, 0.05) is 6.04 Å². The molecule has 1 aromatic heterocycles. The van der Waals surface area contributed by atoms with E-state index in [1.807, 2.05) is 11.3 Å². The molecule has 1 aromatic rings. The monoisotopic (exact) mass is 363 g/mol. The summed E-state index contributed by atoms with van der Waals surface area (Å²) in [5.74, 6) is 0.850. The van der Waals surface area contributed by atoms with E-state index in [1.54, 1.807) is 0 Å². The van der Waals surface area contributed by atoms with Crippen molar-refractivity contribution in [2.75, 3.05) is 6.54 Å². The first-order valence-electron chi connectivity index (χ1n) is 6.78. The maximum Gasteiger partial charge on any atom is 0.0656 e. The van der Waals surface area contributed by atoms with Gasteiger partial charge < -0.3 is 5.32 Å². The van der Waals surface area contributed by atoms with Crippen molar-refractivity contribution in [2.45, 2.75) is 51.5 Å². The highest BCUT2D eigenvalue weighted by molar-refractivity contribution is 14.1. The minimum atomic E-state index is 0.595. The second-order valence-electron chi connectivity index (χ2n) is 4.97. The minimum Gasteiger partial charge on any atom is -0.310 e. The maximum absolute atomic E-state index is 3.71. The molecule has 0 spiro atoms. The molecule has 0 aliphatic heterocycles. The summed E-state index contributed by atoms with van der Waals surface area (Å²) in [6.45, 7) is 3.30. The van der Waals surface area contributed by atoms with Crippen LogP contribution < -0.4 is 5.32 Å². The molecule has 0 bridgehead atoms. The van der Waals surface area contributed by atoms with Gasteiger partial charge in [-0.05, 0) is 64.9 Å². The van der Waals surface area contributed by atoms with E-state index in [0.29, 0.717) is 6.04 Å². The molecule has 0 saturated heterocycles. The standard InChI is InChI=1S/C14H22INS/c1-2-16-14(12-9-13(15)17-10-12)11-7-5-3-4-6-8-11/h9-11,14,16H,2-8H2,1H3. The van der Waals surface area contributed by atoms with Crippen molar-refractivity contribution in [3.63, 3.8) is 0 Å². The predicted molar refractivity (Wildman–Crippen MR) is 84.6 cm³/mol. The average molecular weight is 363 g/mol. The number of hydrogen-bond acceptors (Lipinski definition) is 2. The fourth-order valence-electron chi connectivity index (χ4n) is 2.91. The lowest BCUT2D eigenvalue weighted by Crippen LogP contribution is -2.27. The third-order valence-corrected chi connectivity index (χ3v) is 5.55. The zero-order valence-corrected chi connectivity index (χ0v) is 13.5. The molecule has 0 amide bonds. The molecule has 1 heterocycles. The van der Waals surface area contributed by atoms with E-state index in [4.69, 9.17) is 0 Å². The highest BCUT2D eigenvalue weighted by Crippen LogP contribution is 2.35. The molecule has 0 aromatic carbocycles. The molecule has 1 aliphatic carbocycles. The van der Waals surface area contributed by atoms with Crippen molar-refractivity contribution >= 4 is 33.9 Å². The molecular formula is C14H22INS. The van der Waals surface area contributed by atoms with Gasteiger partial charge in [0.2, 0.25) is 0 Å². The SMILES string of the molecule is CCNC(c1csc(I)c1)C1CCCCCC1. The summed E-state index contributed by atoms with van der Waals surface area (Å²) in [7, 11) is 0. The number of nitrogens with one attached hydrogen (secondary N) is 1. The summed E-state index contributed by atoms with van der Waals surface area (Å²) >= 11 is 4.31. The topological polar surface area (TPSA) is 12.0 Å². The molecule has 1 aliphatic rings. The molecule has 1 fully saturated rings. The normalized spacial score (nSPS) is 20.1. The molecule has 2 rings (SSSR count). The van der Waals surface area contributed by atoms with E-state index in [2.05, 4.69) is 46.3 Å². The van der Waals surface area contributed by atoms with Gasteiger partial charge >= 0.3 is 0 Å². The van der Waals surface area contributed by atoms with E-state index in [-0.39, 0.29) is 0 Å². The minimum absolute atomic E-state index is 0.595. The number of hydrogen-bond donors (Lipinski definition) is 1. The molecule has 0 radical (unpaired) electrons. The van der Waals surface area contributed by atoms with Gasteiger partial charge in [0.25, 0.3) is 0 Å². The van der Waals surface area contributed by atoms with Gasteiger partial charge in [-0.2, -0.15) is 0 Å². The van der Waals surface area contributed by atoms with Gasteiger partial charge in [-0.3, -0.25) is 0 Å². The number of halogens is 1. The van der Waals surface area contributed by atoms with Crippen molar-refractivity contribution < 1.29 is 0 Å². The molecule has 1 saturated carbocycles. The lowest BCUT2D eigenvalue weighted by Gasteiger charge is -2.26. The van der Waals surface area contributed by atoms with E-state index in [0.717, 1.165) is 12.5 Å². The predicted octanol–water partition coefficient (Wildman–Crippen LogP) is 4.97. The van der Waals surface area contributed by atoms with E-state index in [1.165, 1.54) is 47.0 Å². The fourth-order valence-corrected chi connectivity index (χ4v) is 4.32. The zero-order chi connectivity index (χ0) is 12.1. The summed E-state index contributed by atoms with van der Waals surface area (Å²) in [6.07, 6.45) is 8.54. The Balaban J connectivity index is 2.09. The van der Waals surface area contributed by atoms with Crippen LogP contribution in [0.1, 0.15) is 57.1 Å². The summed E-state index contributed by atoms with van der Waals surface area (Å²) in [5.41, 5.74) is 1.52. The molecule has 3 heteroatoms. The summed E-state index contributed by atoms with van der Waals surface area (Å²) in [4.78, 5) is 0. The van der Waals surface area contributed by atoms with Crippen molar-refractivity contribution in [3.05, 3.63) is 19.9 Å². The van der Waals surface area contributed by atoms with Gasteiger partial charge in [-0.25, -0.2) is 0 Å². The van der Waals surface area contributed by atoms with Gasteiger partial charge in [-0.1, -0.05) is 32.6 Å². The first kappa shape index (κ1) is 13.8. The Morgan fingerprint density at radius 1 is 1.35 bits per heavy atom. The smallest absolute Gasteiger partial charge is 0.0656 e. The van der Waals surface area contributed by atoms with Gasteiger partial charge in [0.1, 0.15) is 0 Å².